The van der Waals surface area contributed by atoms with Gasteiger partial charge in [-0.3, -0.25) is 43.2 Å². The van der Waals surface area contributed by atoms with Crippen molar-refractivity contribution in [1.82, 2.24) is 75.7 Å². The van der Waals surface area contributed by atoms with E-state index in [0.717, 1.165) is 116 Å². The predicted octanol–water partition coefficient (Wildman–Crippen LogP) is 15.0. The highest BCUT2D eigenvalue weighted by Gasteiger charge is 2.34. The lowest BCUT2D eigenvalue weighted by Gasteiger charge is -2.16. The first-order chi connectivity index (χ1) is 60.1. The number of aromatic nitrogens is 9. The second-order valence-electron chi connectivity index (χ2n) is 29.8. The van der Waals surface area contributed by atoms with Crippen molar-refractivity contribution >= 4 is 98.5 Å². The molecule has 7 aromatic carbocycles. The normalized spacial score (nSPS) is 14.0. The molecule has 7 amide bonds. The zero-order chi connectivity index (χ0) is 88.3. The van der Waals surface area contributed by atoms with Gasteiger partial charge in [-0.25, -0.2) is 54.8 Å². The van der Waals surface area contributed by atoms with E-state index in [4.69, 9.17) is 18.0 Å². The van der Waals surface area contributed by atoms with Crippen LogP contribution in [0, 0.1) is 68.0 Å². The summed E-state index contributed by atoms with van der Waals surface area (Å²) in [6, 6.07) is 36.1. The fourth-order valence-electron chi connectivity index (χ4n) is 15.7. The number of rotatable bonds is 20. The molecule has 125 heavy (non-hydrogen) atoms. The van der Waals surface area contributed by atoms with Crippen LogP contribution in [0.4, 0.5) is 32.0 Å². The third kappa shape index (κ3) is 17.8. The van der Waals surface area contributed by atoms with Gasteiger partial charge in [-0.15, -0.1) is 17.8 Å². The Kier molecular flexibility index (Phi) is 24.6. The van der Waals surface area contributed by atoms with Gasteiger partial charge in [-0.2, -0.15) is 15.3 Å². The Labute approximate surface area is 717 Å². The average molecular weight is 1730 g/mol. The number of carbonyl (C=O) groups excluding carboxylic acids is 9. The summed E-state index contributed by atoms with van der Waals surface area (Å²) in [5, 5.41) is 34.7. The van der Waals surface area contributed by atoms with Gasteiger partial charge < -0.3 is 37.2 Å². The number of carbonyl (C=O) groups is 9. The van der Waals surface area contributed by atoms with E-state index in [-0.39, 0.29) is 94.7 Å². The molecule has 14 aromatic rings. The largest absolute Gasteiger partial charge is 0.347 e. The number of hydrogen-bond donors (Lipinski definition) is 7. The number of terminal acetylenes is 1. The molecule has 0 radical (unpaired) electrons. The molecular formula is C92H73ClF6N16O9S. The Bertz CT molecular complexity index is 6850. The molecule has 1 unspecified atom stereocenters. The van der Waals surface area contributed by atoms with Crippen LogP contribution in [0.15, 0.2) is 176 Å². The number of para-hydroxylation sites is 1. The zero-order valence-electron chi connectivity index (χ0n) is 67.2. The molecule has 3 aliphatic carbocycles. The molecule has 0 saturated carbocycles. The van der Waals surface area contributed by atoms with Crippen LogP contribution in [0.2, 0.25) is 5.02 Å². The maximum atomic E-state index is 13.8. The summed E-state index contributed by atoms with van der Waals surface area (Å²) in [6.07, 6.45) is 14.1. The van der Waals surface area contributed by atoms with Crippen molar-refractivity contribution in [2.45, 2.75) is 111 Å². The van der Waals surface area contributed by atoms with Crippen LogP contribution in [-0.4, -0.2) is 96.7 Å². The van der Waals surface area contributed by atoms with Gasteiger partial charge in [-0.1, -0.05) is 84.3 Å². The molecule has 0 aliphatic heterocycles. The summed E-state index contributed by atoms with van der Waals surface area (Å²) in [5.41, 5.74) is 13.6. The van der Waals surface area contributed by atoms with E-state index in [1.807, 2.05) is 62.5 Å². The van der Waals surface area contributed by atoms with Gasteiger partial charge in [0.2, 0.25) is 0 Å². The number of fused-ring (bicyclic) bond motifs is 6. The number of amides is 7. The molecule has 3 atom stereocenters. The van der Waals surface area contributed by atoms with E-state index in [0.29, 0.717) is 74.6 Å². The maximum Gasteiger partial charge on any atom is 0.270 e. The Morgan fingerprint density at radius 3 is 1.35 bits per heavy atom. The lowest BCUT2D eigenvalue weighted by Crippen LogP contribution is -2.31. The highest BCUT2D eigenvalue weighted by atomic mass is 35.5. The fraction of sp³-hybridized carbons (Fsp3) is 0.185. The molecule has 17 rings (SSSR count). The number of benzene rings is 7. The lowest BCUT2D eigenvalue weighted by atomic mass is 9.96. The van der Waals surface area contributed by atoms with Crippen LogP contribution < -0.4 is 37.2 Å². The summed E-state index contributed by atoms with van der Waals surface area (Å²) in [5.74, 6) is -7.36. The standard InChI is InChI=1S/C34H27ClF2N6O4.C31H25F2N5O3S.C27H21F2N5O2/c1-17-20(18(2)44)8-9-22-21(17)10-12-27(22)41-34(47)30-14-29(33(46)38-15-19-7-11-25(36)26(37)13-19)40-31-23(16-39-43(30)31)32(45)42-28-6-4-3-5-24(28)35;1-16-19(17(2)39)6-7-21-20(16)8-10-25(21)37-31(41)27-13-26(30(40)34-14-18-5-9-23(32)24(33)12-18)36-29-22(15-35-38(27)29)28-4-3-11-42-28;1-3-17-5-6-19-18(15(17)2)7-9-22(19)33-27(36)24-13-23(32-25-10-11-31-34(24)25)26(35)30-14-16-4-8-20(28)21(29)12-16/h3-9,11,13-14,16,27H,10,12,15H2,1-2H3,(H,38,46)(H,41,47)(H,42,45);3-7,9,11-13,15,25H,8,10,14H2,1-2H3,(H,34,40)(H,37,41);1,4-6,8,10-13,22H,7,9,14H2,2H3,(H,30,35)(H,33,36)/t;25-;22-/m.00/s1. The minimum Gasteiger partial charge on any atom is -0.347 e. The van der Waals surface area contributed by atoms with E-state index in [9.17, 15) is 69.5 Å². The Morgan fingerprint density at radius 2 is 0.896 bits per heavy atom. The second-order valence-corrected chi connectivity index (χ2v) is 31.2. The molecule has 0 bridgehead atoms. The lowest BCUT2D eigenvalue weighted by molar-refractivity contribution is 0.0916. The van der Waals surface area contributed by atoms with Gasteiger partial charge >= 0.3 is 0 Å². The molecule has 630 valence electrons. The molecule has 25 nitrogen and oxygen atoms in total. The van der Waals surface area contributed by atoms with E-state index >= 15 is 0 Å². The second kappa shape index (κ2) is 36.1. The van der Waals surface area contributed by atoms with E-state index < -0.39 is 76.3 Å². The SMILES string of the molecule is C#Cc1ccc2c(c1C)CC[C@@H]2NC(=O)c1cc(C(=O)NCc2ccc(F)c(F)c2)nc2ccnn12.CC(=O)c1ccc2c(c1C)CCC2NC(=O)c1cc(C(=O)NCc2ccc(F)c(F)c2)nc2c(C(=O)Nc3ccccc3Cl)cnn12.CC(=O)c1ccc2c(c1C)CC[C@@H]2NC(=O)c1cc(C(=O)NCc2ccc(F)c(F)c2)nc2c(-c3cccs3)cnn12. The summed E-state index contributed by atoms with van der Waals surface area (Å²) in [6.45, 7) is 8.57. The van der Waals surface area contributed by atoms with Crippen LogP contribution in [0.25, 0.3) is 27.4 Å². The number of nitrogens with one attached hydrogen (secondary N) is 7. The first kappa shape index (κ1) is 85.2. The molecule has 0 saturated heterocycles. The Hall–Kier alpha value is -14.8. The van der Waals surface area contributed by atoms with Crippen molar-refractivity contribution < 1.29 is 69.5 Å². The average Bonchev–Trinajstić information content (AvgIpc) is 1.64. The van der Waals surface area contributed by atoms with Crippen LogP contribution >= 0.6 is 22.9 Å². The third-order valence-corrected chi connectivity index (χ3v) is 23.3. The predicted molar refractivity (Wildman–Crippen MR) is 451 cm³/mol. The van der Waals surface area contributed by atoms with Crippen molar-refractivity contribution in [2.75, 3.05) is 5.32 Å². The van der Waals surface area contributed by atoms with E-state index in [1.165, 1.54) is 87.5 Å². The van der Waals surface area contributed by atoms with Gasteiger partial charge in [0, 0.05) is 65.5 Å². The van der Waals surface area contributed by atoms with Crippen LogP contribution in [0.5, 0.6) is 0 Å². The molecule has 7 heterocycles. The summed E-state index contributed by atoms with van der Waals surface area (Å²) in [7, 11) is 0. The smallest absolute Gasteiger partial charge is 0.270 e. The Morgan fingerprint density at radius 1 is 0.456 bits per heavy atom. The number of halogens is 7. The Balaban J connectivity index is 0.000000146. The monoisotopic (exact) mass is 1730 g/mol. The van der Waals surface area contributed by atoms with Crippen molar-refractivity contribution in [3.63, 3.8) is 0 Å². The molecule has 33 heteroatoms. The van der Waals surface area contributed by atoms with E-state index in [2.05, 4.69) is 73.4 Å². The molecule has 7 aromatic heterocycles. The topological polar surface area (TPSA) is 328 Å². The number of anilines is 1. The van der Waals surface area contributed by atoms with Crippen LogP contribution in [0.1, 0.15) is 218 Å². The quantitative estimate of drug-likeness (QED) is 0.0212. The number of hydrogen-bond acceptors (Lipinski definition) is 16. The minimum atomic E-state index is -1.06. The van der Waals surface area contributed by atoms with Gasteiger partial charge in [0.25, 0.3) is 41.4 Å². The van der Waals surface area contributed by atoms with Crippen molar-refractivity contribution in [1.29, 1.82) is 0 Å². The van der Waals surface area contributed by atoms with Crippen molar-refractivity contribution in [2.24, 2.45) is 0 Å². The maximum absolute atomic E-state index is 13.8. The highest BCUT2D eigenvalue weighted by Crippen LogP contribution is 2.39. The fourth-order valence-corrected chi connectivity index (χ4v) is 16.6. The van der Waals surface area contributed by atoms with Gasteiger partial charge in [0.1, 0.15) is 39.7 Å². The van der Waals surface area contributed by atoms with Gasteiger partial charge in [0.15, 0.2) is 63.4 Å². The summed E-state index contributed by atoms with van der Waals surface area (Å²) in [4.78, 5) is 132. The summed E-state index contributed by atoms with van der Waals surface area (Å²) >= 11 is 7.69. The molecule has 0 fully saturated rings. The molecule has 0 spiro atoms. The number of nitrogens with zero attached hydrogens (tertiary/aromatic N) is 9. The van der Waals surface area contributed by atoms with Crippen LogP contribution in [-0.2, 0) is 38.9 Å². The first-order valence-corrected chi connectivity index (χ1v) is 40.5. The molecule has 7 N–H and O–H groups in total. The molecular weight excluding hydrogens is 1650 g/mol. The highest BCUT2D eigenvalue weighted by molar-refractivity contribution is 7.13. The van der Waals surface area contributed by atoms with Crippen molar-refractivity contribution in [3.8, 4) is 22.8 Å². The van der Waals surface area contributed by atoms with Crippen LogP contribution in [0.3, 0.4) is 0 Å². The first-order valence-electron chi connectivity index (χ1n) is 39.2. The number of ketones is 2. The van der Waals surface area contributed by atoms with E-state index in [1.54, 1.807) is 48.7 Å². The van der Waals surface area contributed by atoms with Crippen molar-refractivity contribution in [3.05, 3.63) is 339 Å². The number of thiophene rings is 1. The molecule has 3 aliphatic rings. The minimum absolute atomic E-state index is 0.00226. The van der Waals surface area contributed by atoms with Gasteiger partial charge in [-0.05, 0) is 206 Å². The number of Topliss-reactive ketones (excluding diaryl/α,β-unsaturated/α-hetero) is 2. The zero-order valence-corrected chi connectivity index (χ0v) is 68.7. The summed E-state index contributed by atoms with van der Waals surface area (Å²) < 4.78 is 84.7. The van der Waals surface area contributed by atoms with Gasteiger partial charge in [0.05, 0.1) is 53.0 Å². The third-order valence-electron chi connectivity index (χ3n) is 22.1.